The van der Waals surface area contributed by atoms with Crippen LogP contribution in [0.3, 0.4) is 0 Å². The number of piperidine rings is 1. The number of carbonyl (C=O) groups is 2. The number of fused-ring (bicyclic) bond motifs is 1. The van der Waals surface area contributed by atoms with Crippen molar-refractivity contribution in [3.8, 4) is 11.3 Å². The van der Waals surface area contributed by atoms with Gasteiger partial charge in [-0.3, -0.25) is 15.1 Å². The Morgan fingerprint density at radius 2 is 1.62 bits per heavy atom. The second-order valence-corrected chi connectivity index (χ2v) is 9.68. The largest absolute Gasteiger partial charge is 0.451 e. The second kappa shape index (κ2) is 12.1. The highest BCUT2D eigenvalue weighted by atomic mass is 16.5. The van der Waals surface area contributed by atoms with Gasteiger partial charge in [0.2, 0.25) is 0 Å². The first-order valence-corrected chi connectivity index (χ1v) is 13.1. The number of nitrogens with one attached hydrogen (secondary N) is 1. The molecule has 1 aliphatic heterocycles. The van der Waals surface area contributed by atoms with Crippen LogP contribution in [0, 0.1) is 5.92 Å². The van der Waals surface area contributed by atoms with Gasteiger partial charge in [0.15, 0.2) is 0 Å². The van der Waals surface area contributed by atoms with Gasteiger partial charge in [-0.25, -0.2) is 9.78 Å². The molecule has 0 saturated carbocycles. The number of pyridine rings is 1. The molecule has 0 bridgehead atoms. The maximum Gasteiger partial charge on any atom is 0.433 e. The molecule has 39 heavy (non-hydrogen) atoms. The number of rotatable bonds is 6. The molecule has 0 aliphatic carbocycles. The number of hydrazine groups is 1. The molecule has 0 radical (unpaired) electrons. The highest BCUT2D eigenvalue weighted by molar-refractivity contribution is 6.10. The smallest absolute Gasteiger partial charge is 0.433 e. The number of benzene rings is 3. The maximum absolute atomic E-state index is 14.2. The highest BCUT2D eigenvalue weighted by Crippen LogP contribution is 2.32. The lowest BCUT2D eigenvalue weighted by atomic mass is 9.93. The van der Waals surface area contributed by atoms with E-state index in [0.717, 1.165) is 47.8 Å². The Bertz CT molecular complexity index is 1440. The van der Waals surface area contributed by atoms with Crippen molar-refractivity contribution in [2.24, 2.45) is 5.92 Å². The first kappa shape index (κ1) is 26.3. The average molecular weight is 525 g/mol. The lowest BCUT2D eigenvalue weighted by Crippen LogP contribution is -2.47. The number of aliphatic hydroxyl groups is 1. The van der Waals surface area contributed by atoms with Gasteiger partial charge in [-0.2, -0.15) is 5.01 Å². The molecule has 4 aromatic rings. The number of hydrogen-bond donors (Lipinski definition) is 2. The van der Waals surface area contributed by atoms with Crippen molar-refractivity contribution in [1.29, 1.82) is 0 Å². The number of nitrogens with zero attached hydrogens (tertiary/aromatic N) is 3. The summed E-state index contributed by atoms with van der Waals surface area (Å²) in [6.07, 6.45) is 1.08. The van der Waals surface area contributed by atoms with Crippen molar-refractivity contribution < 1.29 is 19.4 Å². The number of anilines is 1. The van der Waals surface area contributed by atoms with Crippen LogP contribution in [0.5, 0.6) is 0 Å². The van der Waals surface area contributed by atoms with Gasteiger partial charge in [0.05, 0.1) is 29.6 Å². The number of aromatic nitrogens is 1. The Morgan fingerprint density at radius 3 is 2.28 bits per heavy atom. The lowest BCUT2D eigenvalue weighted by molar-refractivity contribution is 0.0938. The van der Waals surface area contributed by atoms with Crippen LogP contribution in [-0.4, -0.2) is 53.8 Å². The standard InChI is InChI=1S/C31H32N4O4/c1-39-31(38)35(24-12-6-3-7-13-24)33-30(37)28-25-14-8-9-15-27(25)32-29(23-10-4-2-5-11-23)26(28)20-34-18-16-22(21-36)17-19-34/h2-15,22,36H,16-21H2,1H3,(H,33,37). The van der Waals surface area contributed by atoms with Gasteiger partial charge < -0.3 is 9.84 Å². The molecule has 200 valence electrons. The van der Waals surface area contributed by atoms with Crippen LogP contribution in [0.2, 0.25) is 0 Å². The fourth-order valence-electron chi connectivity index (χ4n) is 5.09. The van der Waals surface area contributed by atoms with Gasteiger partial charge >= 0.3 is 6.09 Å². The van der Waals surface area contributed by atoms with E-state index in [-0.39, 0.29) is 6.61 Å². The summed E-state index contributed by atoms with van der Waals surface area (Å²) >= 11 is 0. The van der Waals surface area contributed by atoms with E-state index < -0.39 is 12.0 Å². The molecule has 2 heterocycles. The normalized spacial score (nSPS) is 14.2. The topological polar surface area (TPSA) is 95.0 Å². The first-order valence-electron chi connectivity index (χ1n) is 13.1. The third kappa shape index (κ3) is 5.77. The summed E-state index contributed by atoms with van der Waals surface area (Å²) in [5, 5.41) is 11.4. The van der Waals surface area contributed by atoms with Crippen LogP contribution < -0.4 is 10.4 Å². The van der Waals surface area contributed by atoms with Gasteiger partial charge in [-0.1, -0.05) is 66.7 Å². The summed E-state index contributed by atoms with van der Waals surface area (Å²) in [6, 6.07) is 26.3. The summed E-state index contributed by atoms with van der Waals surface area (Å²) in [5.41, 5.74) is 6.87. The van der Waals surface area contributed by atoms with Crippen molar-refractivity contribution in [2.75, 3.05) is 31.8 Å². The number of ether oxygens (including phenoxy) is 1. The molecule has 8 heteroatoms. The van der Waals surface area contributed by atoms with E-state index in [1.165, 1.54) is 7.11 Å². The van der Waals surface area contributed by atoms with Gasteiger partial charge in [0, 0.05) is 29.7 Å². The van der Waals surface area contributed by atoms with Crippen molar-refractivity contribution in [3.63, 3.8) is 0 Å². The summed E-state index contributed by atoms with van der Waals surface area (Å²) in [5.74, 6) is -0.132. The Balaban J connectivity index is 1.63. The van der Waals surface area contributed by atoms with Gasteiger partial charge in [0.25, 0.3) is 5.91 Å². The van der Waals surface area contributed by atoms with Crippen LogP contribution in [0.15, 0.2) is 84.9 Å². The maximum atomic E-state index is 14.2. The van der Waals surface area contributed by atoms with Crippen molar-refractivity contribution in [2.45, 2.75) is 19.4 Å². The molecule has 2 N–H and O–H groups in total. The molecule has 1 fully saturated rings. The Kier molecular flexibility index (Phi) is 8.15. The van der Waals surface area contributed by atoms with Crippen molar-refractivity contribution >= 4 is 28.6 Å². The monoisotopic (exact) mass is 524 g/mol. The number of carbonyl (C=O) groups excluding carboxylic acids is 2. The molecule has 0 unspecified atom stereocenters. The molecule has 0 atom stereocenters. The molecule has 1 aromatic heterocycles. The zero-order chi connectivity index (χ0) is 27.2. The third-order valence-corrected chi connectivity index (χ3v) is 7.20. The predicted molar refractivity (Wildman–Crippen MR) is 151 cm³/mol. The number of aliphatic hydroxyl groups excluding tert-OH is 1. The van der Waals surface area contributed by atoms with E-state index in [4.69, 9.17) is 9.72 Å². The minimum Gasteiger partial charge on any atom is -0.451 e. The number of para-hydroxylation sites is 2. The van der Waals surface area contributed by atoms with Crippen LogP contribution >= 0.6 is 0 Å². The van der Waals surface area contributed by atoms with E-state index in [1.807, 2.05) is 60.7 Å². The quantitative estimate of drug-likeness (QED) is 0.344. The molecule has 3 aromatic carbocycles. The van der Waals surface area contributed by atoms with E-state index in [2.05, 4.69) is 10.3 Å². The minimum atomic E-state index is -0.705. The van der Waals surface area contributed by atoms with E-state index in [9.17, 15) is 14.7 Å². The average Bonchev–Trinajstić information content (AvgIpc) is 3.00. The van der Waals surface area contributed by atoms with Crippen molar-refractivity contribution in [1.82, 2.24) is 15.3 Å². The fourth-order valence-corrected chi connectivity index (χ4v) is 5.09. The molecule has 0 spiro atoms. The molecule has 1 aliphatic rings. The lowest BCUT2D eigenvalue weighted by Gasteiger charge is -2.32. The molecule has 8 nitrogen and oxygen atoms in total. The summed E-state index contributed by atoms with van der Waals surface area (Å²) < 4.78 is 4.99. The Labute approximate surface area is 227 Å². The molecule has 1 saturated heterocycles. The SMILES string of the molecule is COC(=O)N(NC(=O)c1c(CN2CCC(CO)CC2)c(-c2ccccc2)nc2ccccc12)c1ccccc1. The zero-order valence-electron chi connectivity index (χ0n) is 21.9. The summed E-state index contributed by atoms with van der Waals surface area (Å²) in [4.78, 5) is 34.2. The fraction of sp³-hybridized carbons (Fsp3) is 0.258. The first-order chi connectivity index (χ1) is 19.1. The Morgan fingerprint density at radius 1 is 0.974 bits per heavy atom. The van der Waals surface area contributed by atoms with Gasteiger partial charge in [0.1, 0.15) is 0 Å². The van der Waals surface area contributed by atoms with Crippen LogP contribution in [0.25, 0.3) is 22.2 Å². The molecular formula is C31H32N4O4. The molecular weight excluding hydrogens is 492 g/mol. The summed E-state index contributed by atoms with van der Waals surface area (Å²) in [6.45, 7) is 2.32. The van der Waals surface area contributed by atoms with Gasteiger partial charge in [-0.15, -0.1) is 0 Å². The van der Waals surface area contributed by atoms with Crippen LogP contribution in [0.1, 0.15) is 28.8 Å². The highest BCUT2D eigenvalue weighted by Gasteiger charge is 2.28. The van der Waals surface area contributed by atoms with E-state index in [0.29, 0.717) is 34.6 Å². The van der Waals surface area contributed by atoms with E-state index in [1.54, 1.807) is 24.3 Å². The van der Waals surface area contributed by atoms with Crippen LogP contribution in [0.4, 0.5) is 10.5 Å². The number of likely N-dealkylation sites (tertiary alicyclic amines) is 1. The predicted octanol–water partition coefficient (Wildman–Crippen LogP) is 5.02. The van der Waals surface area contributed by atoms with Crippen LogP contribution in [-0.2, 0) is 11.3 Å². The number of amides is 2. The van der Waals surface area contributed by atoms with Gasteiger partial charge in [-0.05, 0) is 50.0 Å². The summed E-state index contributed by atoms with van der Waals surface area (Å²) in [7, 11) is 1.28. The third-order valence-electron chi connectivity index (χ3n) is 7.20. The Hall–Kier alpha value is -4.27. The molecule has 2 amide bonds. The second-order valence-electron chi connectivity index (χ2n) is 9.68. The van der Waals surface area contributed by atoms with E-state index >= 15 is 0 Å². The number of hydrogen-bond acceptors (Lipinski definition) is 6. The molecule has 5 rings (SSSR count). The van der Waals surface area contributed by atoms with Crippen molar-refractivity contribution in [3.05, 3.63) is 96.1 Å². The number of methoxy groups -OCH3 is 1. The minimum absolute atomic E-state index is 0.192. The zero-order valence-corrected chi connectivity index (χ0v) is 21.9.